The van der Waals surface area contributed by atoms with E-state index in [0.717, 1.165) is 18.1 Å². The fourth-order valence-electron chi connectivity index (χ4n) is 1.75. The Balaban J connectivity index is 2.11. The Morgan fingerprint density at radius 2 is 2.24 bits per heavy atom. The lowest BCUT2D eigenvalue weighted by Crippen LogP contribution is -2.11. The van der Waals surface area contributed by atoms with Gasteiger partial charge in [0.2, 0.25) is 0 Å². The van der Waals surface area contributed by atoms with Crippen LogP contribution < -0.4 is 5.32 Å². The van der Waals surface area contributed by atoms with Gasteiger partial charge in [-0.15, -0.1) is 0 Å². The number of hydrogen-bond acceptors (Lipinski definition) is 3. The molecule has 1 aromatic carbocycles. The average molecular weight is 230 g/mol. The van der Waals surface area contributed by atoms with Crippen molar-refractivity contribution in [3.05, 3.63) is 53.2 Å². The van der Waals surface area contributed by atoms with E-state index in [-0.39, 0.29) is 6.04 Å². The first-order valence-electron chi connectivity index (χ1n) is 5.86. The number of benzene rings is 1. The van der Waals surface area contributed by atoms with Crippen LogP contribution in [0.5, 0.6) is 0 Å². The molecular formula is C14H18N2O. The number of nitrogens with one attached hydrogen (secondary N) is 1. The third kappa shape index (κ3) is 2.94. The van der Waals surface area contributed by atoms with Gasteiger partial charge in [-0.3, -0.25) is 0 Å². The predicted molar refractivity (Wildman–Crippen MR) is 68.0 cm³/mol. The molecule has 2 rings (SSSR count). The molecule has 17 heavy (non-hydrogen) atoms. The molecule has 1 N–H and O–H groups in total. The highest BCUT2D eigenvalue weighted by Crippen LogP contribution is 2.16. The molecule has 0 aliphatic heterocycles. The largest absolute Gasteiger partial charge is 0.444 e. The second-order valence-corrected chi connectivity index (χ2v) is 4.33. The molecule has 1 unspecified atom stereocenters. The summed E-state index contributed by atoms with van der Waals surface area (Å²) in [6.45, 7) is 4.14. The van der Waals surface area contributed by atoms with Crippen LogP contribution in [-0.4, -0.2) is 12.0 Å². The van der Waals surface area contributed by atoms with Gasteiger partial charge in [-0.1, -0.05) is 29.8 Å². The van der Waals surface area contributed by atoms with Gasteiger partial charge in [-0.2, -0.15) is 0 Å². The second kappa shape index (κ2) is 5.15. The van der Waals surface area contributed by atoms with Crippen LogP contribution in [0.25, 0.3) is 0 Å². The molecule has 1 aromatic heterocycles. The number of aromatic nitrogens is 1. The molecule has 2 aromatic rings. The molecule has 0 aliphatic carbocycles. The summed E-state index contributed by atoms with van der Waals surface area (Å²) in [6.07, 6.45) is 2.55. The average Bonchev–Trinajstić information content (AvgIpc) is 2.76. The van der Waals surface area contributed by atoms with Crippen LogP contribution in [0.2, 0.25) is 0 Å². The third-order valence-electron chi connectivity index (χ3n) is 2.87. The smallest absolute Gasteiger partial charge is 0.198 e. The first-order chi connectivity index (χ1) is 8.19. The maximum absolute atomic E-state index is 5.71. The van der Waals surface area contributed by atoms with Crippen LogP contribution in [0.15, 0.2) is 34.9 Å². The van der Waals surface area contributed by atoms with E-state index in [4.69, 9.17) is 4.42 Å². The summed E-state index contributed by atoms with van der Waals surface area (Å²) >= 11 is 0. The second-order valence-electron chi connectivity index (χ2n) is 4.33. The molecular weight excluding hydrogens is 212 g/mol. The topological polar surface area (TPSA) is 38.1 Å². The summed E-state index contributed by atoms with van der Waals surface area (Å²) in [4.78, 5) is 4.30. The number of nitrogens with zero attached hydrogens (tertiary/aromatic N) is 1. The normalized spacial score (nSPS) is 12.6. The van der Waals surface area contributed by atoms with Crippen LogP contribution in [0.1, 0.15) is 35.7 Å². The number of oxazole rings is 1. The Labute approximate surface area is 102 Å². The molecule has 90 valence electrons. The first-order valence-corrected chi connectivity index (χ1v) is 5.86. The van der Waals surface area contributed by atoms with E-state index in [0.29, 0.717) is 0 Å². The molecule has 1 atom stereocenters. The Hall–Kier alpha value is -1.61. The van der Waals surface area contributed by atoms with E-state index >= 15 is 0 Å². The fourth-order valence-corrected chi connectivity index (χ4v) is 1.75. The van der Waals surface area contributed by atoms with Crippen LogP contribution in [-0.2, 0) is 6.42 Å². The van der Waals surface area contributed by atoms with Crippen molar-refractivity contribution in [1.29, 1.82) is 0 Å². The summed E-state index contributed by atoms with van der Waals surface area (Å²) in [5, 5.41) is 3.13. The molecule has 0 bridgehead atoms. The first kappa shape index (κ1) is 11.9. The van der Waals surface area contributed by atoms with Crippen molar-refractivity contribution in [2.45, 2.75) is 26.3 Å². The van der Waals surface area contributed by atoms with Crippen molar-refractivity contribution >= 4 is 0 Å². The molecule has 0 aliphatic rings. The van der Waals surface area contributed by atoms with Gasteiger partial charge in [-0.05, 0) is 26.5 Å². The highest BCUT2D eigenvalue weighted by Gasteiger charge is 2.09. The molecule has 0 radical (unpaired) electrons. The quantitative estimate of drug-likeness (QED) is 0.877. The lowest BCUT2D eigenvalue weighted by molar-refractivity contribution is 0.420. The van der Waals surface area contributed by atoms with Gasteiger partial charge in [0.25, 0.3) is 0 Å². The van der Waals surface area contributed by atoms with E-state index in [9.17, 15) is 0 Å². The van der Waals surface area contributed by atoms with Gasteiger partial charge in [0.15, 0.2) is 5.89 Å². The van der Waals surface area contributed by atoms with Crippen LogP contribution >= 0.6 is 0 Å². The standard InChI is InChI=1S/C14H18N2O/c1-10-5-4-6-12(7-10)8-14-16-9-13(17-14)11(2)15-3/h4-7,9,11,15H,8H2,1-3H3. The summed E-state index contributed by atoms with van der Waals surface area (Å²) < 4.78 is 5.71. The zero-order chi connectivity index (χ0) is 12.3. The van der Waals surface area contributed by atoms with Gasteiger partial charge in [-0.25, -0.2) is 4.98 Å². The molecule has 3 nitrogen and oxygen atoms in total. The van der Waals surface area contributed by atoms with Crippen LogP contribution in [0.4, 0.5) is 0 Å². The lowest BCUT2D eigenvalue weighted by atomic mass is 10.1. The van der Waals surface area contributed by atoms with E-state index in [1.54, 1.807) is 6.20 Å². The van der Waals surface area contributed by atoms with Crippen molar-refractivity contribution < 1.29 is 4.42 Å². The lowest BCUT2D eigenvalue weighted by Gasteiger charge is -2.04. The predicted octanol–water partition coefficient (Wildman–Crippen LogP) is 2.85. The minimum absolute atomic E-state index is 0.203. The fraction of sp³-hybridized carbons (Fsp3) is 0.357. The van der Waals surface area contributed by atoms with Gasteiger partial charge in [0.05, 0.1) is 12.2 Å². The van der Waals surface area contributed by atoms with E-state index in [1.165, 1.54) is 11.1 Å². The van der Waals surface area contributed by atoms with E-state index < -0.39 is 0 Å². The SMILES string of the molecule is CNC(C)c1cnc(Cc2cccc(C)c2)o1. The van der Waals surface area contributed by atoms with Crippen LogP contribution in [0, 0.1) is 6.92 Å². The Morgan fingerprint density at radius 1 is 1.41 bits per heavy atom. The zero-order valence-electron chi connectivity index (χ0n) is 10.5. The Bertz CT molecular complexity index is 490. The third-order valence-corrected chi connectivity index (χ3v) is 2.87. The van der Waals surface area contributed by atoms with E-state index in [2.05, 4.69) is 48.4 Å². The summed E-state index contributed by atoms with van der Waals surface area (Å²) in [5.74, 6) is 1.66. The van der Waals surface area contributed by atoms with Crippen molar-refractivity contribution in [3.63, 3.8) is 0 Å². The molecule has 0 saturated heterocycles. The molecule has 1 heterocycles. The van der Waals surface area contributed by atoms with E-state index in [1.807, 2.05) is 7.05 Å². The maximum atomic E-state index is 5.71. The number of hydrogen-bond donors (Lipinski definition) is 1. The molecule has 0 saturated carbocycles. The van der Waals surface area contributed by atoms with Gasteiger partial charge < -0.3 is 9.73 Å². The van der Waals surface area contributed by atoms with Crippen molar-refractivity contribution in [1.82, 2.24) is 10.3 Å². The maximum Gasteiger partial charge on any atom is 0.198 e. The number of rotatable bonds is 4. The summed E-state index contributed by atoms with van der Waals surface area (Å²) in [6, 6.07) is 8.61. The highest BCUT2D eigenvalue weighted by atomic mass is 16.4. The highest BCUT2D eigenvalue weighted by molar-refractivity contribution is 5.24. The monoisotopic (exact) mass is 230 g/mol. The van der Waals surface area contributed by atoms with Gasteiger partial charge in [0, 0.05) is 6.42 Å². The van der Waals surface area contributed by atoms with Gasteiger partial charge in [0.1, 0.15) is 5.76 Å². The molecule has 0 spiro atoms. The van der Waals surface area contributed by atoms with Crippen molar-refractivity contribution in [2.24, 2.45) is 0 Å². The zero-order valence-corrected chi connectivity index (χ0v) is 10.5. The Kier molecular flexibility index (Phi) is 3.59. The van der Waals surface area contributed by atoms with Gasteiger partial charge >= 0.3 is 0 Å². The summed E-state index contributed by atoms with van der Waals surface area (Å²) in [5.41, 5.74) is 2.49. The summed E-state index contributed by atoms with van der Waals surface area (Å²) in [7, 11) is 1.91. The molecule has 0 fully saturated rings. The van der Waals surface area contributed by atoms with Crippen molar-refractivity contribution in [2.75, 3.05) is 7.05 Å². The molecule has 3 heteroatoms. The minimum atomic E-state index is 0.203. The Morgan fingerprint density at radius 3 is 2.94 bits per heavy atom. The number of aryl methyl sites for hydroxylation is 1. The molecule has 0 amide bonds. The van der Waals surface area contributed by atoms with Crippen LogP contribution in [0.3, 0.4) is 0 Å². The minimum Gasteiger partial charge on any atom is -0.444 e. The van der Waals surface area contributed by atoms with Crippen molar-refractivity contribution in [3.8, 4) is 0 Å².